The Balaban J connectivity index is 0.000000263. The smallest absolute Gasteiger partial charge is 0.491 e. The second-order valence-electron chi connectivity index (χ2n) is 24.1. The standard InChI is InChI=1S/C34H49BN2O7.C28H37BrN2O5/c1-22-19-23(2)21-25(20-22)31(39)37(32(4,5)6)36-30(38)26-14-15-27(35-43-33(7,8)34(9,10)44-35)29(24(26)3)42-18-17-41-28-13-11-12-16-40-28;1-18-15-19(2)17-21(16-18)27(33)31(28(4,5)6)30-26(32)22-10-11-23(29)25(20(22)3)36-14-13-35-24-9-7-8-12-34-24/h14-15,19-21,28H,11-13,16-18H2,1-10H3,(H,36,38);10-11,15-17,24H,7-9,12-14H2,1-6H3,(H,30,32). The SMILES string of the molecule is Cc1cc(C)cc(C(=O)N(NC(=O)c2ccc(B3OC(C)(C)C(C)(C)O3)c(OCCOC3CCCCO3)c2C)C(C)(C)C)c1.Cc1cc(C)cc(C(=O)N(NC(=O)c2ccc(Br)c(OCCOC3CCCCO3)c2C)C(C)(C)C)c1. The fourth-order valence-corrected chi connectivity index (χ4v) is 10.1. The molecule has 3 heterocycles. The van der Waals surface area contributed by atoms with Gasteiger partial charge in [-0.3, -0.25) is 30.0 Å². The molecule has 2 unspecified atom stereocenters. The van der Waals surface area contributed by atoms with Crippen LogP contribution < -0.4 is 25.8 Å². The van der Waals surface area contributed by atoms with Crippen molar-refractivity contribution in [2.75, 3.05) is 39.6 Å². The Kier molecular flexibility index (Phi) is 21.7. The van der Waals surface area contributed by atoms with Gasteiger partial charge in [0.05, 0.1) is 40.0 Å². The monoisotopic (exact) mass is 1170 g/mol. The number of carbonyl (C=O) groups excluding carboxylic acids is 4. The van der Waals surface area contributed by atoms with Crippen molar-refractivity contribution >= 4 is 52.1 Å². The summed E-state index contributed by atoms with van der Waals surface area (Å²) in [5, 5.41) is 2.78. The quantitative estimate of drug-likeness (QED) is 0.0656. The van der Waals surface area contributed by atoms with Crippen molar-refractivity contribution in [3.8, 4) is 11.5 Å². The molecule has 18 heteroatoms. The van der Waals surface area contributed by atoms with Crippen LogP contribution in [-0.4, -0.2) is 115 Å². The molecule has 4 aromatic rings. The molecule has 3 aliphatic heterocycles. The van der Waals surface area contributed by atoms with Crippen LogP contribution in [0.15, 0.2) is 65.1 Å². The van der Waals surface area contributed by atoms with Gasteiger partial charge in [-0.15, -0.1) is 0 Å². The van der Waals surface area contributed by atoms with E-state index in [1.165, 1.54) is 10.0 Å². The number of rotatable bonds is 15. The van der Waals surface area contributed by atoms with E-state index in [9.17, 15) is 19.2 Å². The lowest BCUT2D eigenvalue weighted by Crippen LogP contribution is -2.56. The van der Waals surface area contributed by atoms with E-state index in [1.54, 1.807) is 24.3 Å². The van der Waals surface area contributed by atoms with Crippen molar-refractivity contribution in [2.24, 2.45) is 0 Å². The van der Waals surface area contributed by atoms with Crippen molar-refractivity contribution in [3.05, 3.63) is 121 Å². The number of nitrogens with one attached hydrogen (secondary N) is 2. The molecule has 4 aromatic carbocycles. The van der Waals surface area contributed by atoms with Crippen LogP contribution in [0.25, 0.3) is 0 Å². The predicted octanol–water partition coefficient (Wildman–Crippen LogP) is 11.3. The van der Waals surface area contributed by atoms with Gasteiger partial charge >= 0.3 is 7.12 Å². The molecule has 4 amide bonds. The zero-order valence-corrected chi connectivity index (χ0v) is 51.7. The maximum Gasteiger partial charge on any atom is 0.498 e. The van der Waals surface area contributed by atoms with Gasteiger partial charge in [-0.2, -0.15) is 0 Å². The molecule has 436 valence electrons. The summed E-state index contributed by atoms with van der Waals surface area (Å²) < 4.78 is 48.6. The fourth-order valence-electron chi connectivity index (χ4n) is 9.54. The van der Waals surface area contributed by atoms with E-state index < -0.39 is 35.3 Å². The highest BCUT2D eigenvalue weighted by Crippen LogP contribution is 2.38. The fraction of sp³-hybridized carbons (Fsp3) is 0.548. The first-order valence-electron chi connectivity index (χ1n) is 28.0. The van der Waals surface area contributed by atoms with Gasteiger partial charge in [-0.25, -0.2) is 10.0 Å². The first kappa shape index (κ1) is 63.8. The van der Waals surface area contributed by atoms with E-state index in [0.29, 0.717) is 76.8 Å². The van der Waals surface area contributed by atoms with Crippen LogP contribution in [0.4, 0.5) is 0 Å². The molecule has 0 aromatic heterocycles. The minimum absolute atomic E-state index is 0.179. The number of hydrazine groups is 2. The van der Waals surface area contributed by atoms with Crippen LogP contribution in [0.2, 0.25) is 0 Å². The zero-order chi connectivity index (χ0) is 58.9. The van der Waals surface area contributed by atoms with E-state index in [1.807, 2.05) is 147 Å². The molecule has 7 rings (SSSR count). The van der Waals surface area contributed by atoms with Crippen LogP contribution in [0.5, 0.6) is 11.5 Å². The molecular formula is C62H86BBrN4O12. The largest absolute Gasteiger partial charge is 0.498 e. The summed E-state index contributed by atoms with van der Waals surface area (Å²) >= 11 is 3.52. The third kappa shape index (κ3) is 16.7. The molecule has 0 aliphatic carbocycles. The van der Waals surface area contributed by atoms with Gasteiger partial charge in [-0.05, 0) is 208 Å². The predicted molar refractivity (Wildman–Crippen MR) is 314 cm³/mol. The Hall–Kier alpha value is -5.34. The summed E-state index contributed by atoms with van der Waals surface area (Å²) in [4.78, 5) is 54.4. The molecule has 80 heavy (non-hydrogen) atoms. The van der Waals surface area contributed by atoms with Gasteiger partial charge < -0.3 is 37.7 Å². The van der Waals surface area contributed by atoms with E-state index in [4.69, 9.17) is 37.7 Å². The number of carbonyl (C=O) groups is 4. The Morgan fingerprint density at radius 3 is 1.35 bits per heavy atom. The minimum atomic E-state index is -0.696. The molecule has 0 bridgehead atoms. The number of amides is 4. The Bertz CT molecular complexity index is 2780. The lowest BCUT2D eigenvalue weighted by Gasteiger charge is -2.36. The van der Waals surface area contributed by atoms with Crippen molar-refractivity contribution in [1.82, 2.24) is 20.9 Å². The number of ether oxygens (including phenoxy) is 6. The molecule has 0 radical (unpaired) electrons. The van der Waals surface area contributed by atoms with Crippen molar-refractivity contribution in [2.45, 2.75) is 184 Å². The average Bonchev–Trinajstić information content (AvgIpc) is 3.82. The lowest BCUT2D eigenvalue weighted by atomic mass is 9.76. The van der Waals surface area contributed by atoms with Gasteiger partial charge in [0, 0.05) is 52.1 Å². The third-order valence-corrected chi connectivity index (χ3v) is 15.1. The second-order valence-corrected chi connectivity index (χ2v) is 24.9. The normalized spacial score (nSPS) is 17.9. The zero-order valence-electron chi connectivity index (χ0n) is 50.2. The molecule has 0 saturated carbocycles. The summed E-state index contributed by atoms with van der Waals surface area (Å²) in [7, 11) is -0.689. The number of benzene rings is 4. The summed E-state index contributed by atoms with van der Waals surface area (Å²) in [5.74, 6) is -0.304. The summed E-state index contributed by atoms with van der Waals surface area (Å²) in [6.07, 6.45) is 5.64. The molecule has 2 N–H and O–H groups in total. The lowest BCUT2D eigenvalue weighted by molar-refractivity contribution is -0.165. The molecule has 0 spiro atoms. The van der Waals surface area contributed by atoms with Crippen LogP contribution in [0.1, 0.15) is 183 Å². The average molecular weight is 1170 g/mol. The molecule has 16 nitrogen and oxygen atoms in total. The van der Waals surface area contributed by atoms with Gasteiger partial charge in [0.1, 0.15) is 24.7 Å². The number of aryl methyl sites for hydroxylation is 4. The Morgan fingerprint density at radius 2 is 0.963 bits per heavy atom. The van der Waals surface area contributed by atoms with E-state index >= 15 is 0 Å². The highest BCUT2D eigenvalue weighted by Gasteiger charge is 2.53. The van der Waals surface area contributed by atoms with Crippen LogP contribution in [0.3, 0.4) is 0 Å². The summed E-state index contributed by atoms with van der Waals surface area (Å²) in [6, 6.07) is 18.4. The van der Waals surface area contributed by atoms with Crippen molar-refractivity contribution in [3.63, 3.8) is 0 Å². The van der Waals surface area contributed by atoms with Crippen LogP contribution in [0, 0.1) is 41.5 Å². The third-order valence-electron chi connectivity index (χ3n) is 14.4. The Labute approximate surface area is 483 Å². The van der Waals surface area contributed by atoms with E-state index in [2.05, 4.69) is 26.8 Å². The summed E-state index contributed by atoms with van der Waals surface area (Å²) in [6.45, 7) is 33.4. The highest BCUT2D eigenvalue weighted by molar-refractivity contribution is 9.10. The number of hydrogen-bond acceptors (Lipinski definition) is 12. The minimum Gasteiger partial charge on any atom is -0.491 e. The molecule has 3 saturated heterocycles. The van der Waals surface area contributed by atoms with Gasteiger partial charge in [0.15, 0.2) is 12.6 Å². The molecule has 2 atom stereocenters. The molecular weight excluding hydrogens is 1080 g/mol. The maximum absolute atomic E-state index is 13.9. The van der Waals surface area contributed by atoms with Crippen molar-refractivity contribution < 1.29 is 56.9 Å². The number of hydrogen-bond donors (Lipinski definition) is 2. The van der Waals surface area contributed by atoms with Gasteiger partial charge in [-0.1, -0.05) is 40.5 Å². The van der Waals surface area contributed by atoms with Gasteiger partial charge in [0.25, 0.3) is 23.6 Å². The number of halogens is 1. The van der Waals surface area contributed by atoms with Crippen LogP contribution in [-0.2, 0) is 28.3 Å². The van der Waals surface area contributed by atoms with Crippen molar-refractivity contribution in [1.29, 1.82) is 0 Å². The number of nitrogens with zero attached hydrogens (tertiary/aromatic N) is 2. The molecule has 3 fully saturated rings. The topological polar surface area (TPSA) is 173 Å². The molecule has 3 aliphatic rings. The maximum atomic E-state index is 13.9. The first-order chi connectivity index (χ1) is 37.5. The first-order valence-corrected chi connectivity index (χ1v) is 28.7. The van der Waals surface area contributed by atoms with Gasteiger partial charge in [0.2, 0.25) is 0 Å². The van der Waals surface area contributed by atoms with Crippen LogP contribution >= 0.6 is 15.9 Å². The van der Waals surface area contributed by atoms with E-state index in [-0.39, 0.29) is 36.9 Å². The highest BCUT2D eigenvalue weighted by atomic mass is 79.9. The second kappa shape index (κ2) is 27.2. The van der Waals surface area contributed by atoms with E-state index in [0.717, 1.165) is 71.9 Å². The Morgan fingerprint density at radius 1 is 0.575 bits per heavy atom. The summed E-state index contributed by atoms with van der Waals surface area (Å²) in [5.41, 5.74) is 11.0.